The molecule has 20 heavy (non-hydrogen) atoms. The van der Waals surface area contributed by atoms with E-state index in [1.165, 1.54) is 0 Å². The fraction of sp³-hybridized carbons (Fsp3) is 0.467. The number of rotatable bonds is 4. The molecule has 1 aromatic rings. The summed E-state index contributed by atoms with van der Waals surface area (Å²) in [6.07, 6.45) is 4.17. The van der Waals surface area contributed by atoms with Gasteiger partial charge in [0.2, 0.25) is 5.91 Å². The van der Waals surface area contributed by atoms with Gasteiger partial charge in [0.1, 0.15) is 0 Å². The summed E-state index contributed by atoms with van der Waals surface area (Å²) < 4.78 is 0. The van der Waals surface area contributed by atoms with Crippen LogP contribution in [-0.4, -0.2) is 36.1 Å². The van der Waals surface area contributed by atoms with E-state index in [0.717, 1.165) is 23.3 Å². The van der Waals surface area contributed by atoms with Gasteiger partial charge in [0, 0.05) is 30.0 Å². The SMILES string of the molecule is CSc1ccc(C(=O)N2CCC(CC(N)=O)CC2)cc1. The number of thioether (sulfide) groups is 1. The Kier molecular flexibility index (Phi) is 5.06. The summed E-state index contributed by atoms with van der Waals surface area (Å²) in [5.74, 6) is 0.160. The molecule has 2 N–H and O–H groups in total. The normalized spacial score (nSPS) is 16.1. The zero-order valence-corrected chi connectivity index (χ0v) is 12.5. The maximum atomic E-state index is 12.4. The van der Waals surface area contributed by atoms with Crippen molar-refractivity contribution in [3.8, 4) is 0 Å². The van der Waals surface area contributed by atoms with Gasteiger partial charge in [-0.15, -0.1) is 11.8 Å². The van der Waals surface area contributed by atoms with Gasteiger partial charge in [-0.2, -0.15) is 0 Å². The highest BCUT2D eigenvalue weighted by atomic mass is 32.2. The Labute approximate surface area is 123 Å². The van der Waals surface area contributed by atoms with E-state index in [1.807, 2.05) is 35.4 Å². The number of carbonyl (C=O) groups excluding carboxylic acids is 2. The Morgan fingerprint density at radius 2 is 1.85 bits per heavy atom. The Bertz CT molecular complexity index is 479. The highest BCUT2D eigenvalue weighted by molar-refractivity contribution is 7.98. The van der Waals surface area contributed by atoms with E-state index in [2.05, 4.69) is 0 Å². The first-order valence-electron chi connectivity index (χ1n) is 6.82. The van der Waals surface area contributed by atoms with E-state index in [4.69, 9.17) is 5.73 Å². The lowest BCUT2D eigenvalue weighted by Crippen LogP contribution is -2.39. The number of nitrogens with two attached hydrogens (primary N) is 1. The average Bonchev–Trinajstić information content (AvgIpc) is 2.47. The maximum Gasteiger partial charge on any atom is 0.253 e. The van der Waals surface area contributed by atoms with Crippen LogP contribution in [0.25, 0.3) is 0 Å². The second-order valence-corrected chi connectivity index (χ2v) is 6.01. The molecule has 4 nitrogen and oxygen atoms in total. The molecule has 0 bridgehead atoms. The molecule has 1 fully saturated rings. The van der Waals surface area contributed by atoms with Gasteiger partial charge >= 0.3 is 0 Å². The van der Waals surface area contributed by atoms with Crippen LogP contribution in [0.4, 0.5) is 0 Å². The molecule has 1 aliphatic rings. The van der Waals surface area contributed by atoms with E-state index in [0.29, 0.717) is 25.4 Å². The zero-order valence-electron chi connectivity index (χ0n) is 11.7. The predicted molar refractivity (Wildman–Crippen MR) is 80.7 cm³/mol. The second-order valence-electron chi connectivity index (χ2n) is 5.13. The molecule has 2 rings (SSSR count). The lowest BCUT2D eigenvalue weighted by Gasteiger charge is -2.31. The fourth-order valence-corrected chi connectivity index (χ4v) is 2.95. The summed E-state index contributed by atoms with van der Waals surface area (Å²) in [6, 6.07) is 7.70. The third kappa shape index (κ3) is 3.76. The molecule has 5 heteroatoms. The summed E-state index contributed by atoms with van der Waals surface area (Å²) in [7, 11) is 0. The molecule has 108 valence electrons. The van der Waals surface area contributed by atoms with E-state index in [-0.39, 0.29) is 11.8 Å². The van der Waals surface area contributed by atoms with Crippen LogP contribution in [0.15, 0.2) is 29.2 Å². The van der Waals surface area contributed by atoms with Crippen molar-refractivity contribution in [1.29, 1.82) is 0 Å². The van der Waals surface area contributed by atoms with Crippen molar-refractivity contribution in [2.24, 2.45) is 11.7 Å². The molecule has 0 aromatic heterocycles. The van der Waals surface area contributed by atoms with E-state index >= 15 is 0 Å². The fourth-order valence-electron chi connectivity index (χ4n) is 2.54. The maximum absolute atomic E-state index is 12.4. The van der Waals surface area contributed by atoms with Gasteiger partial charge in [-0.05, 0) is 49.3 Å². The Balaban J connectivity index is 1.92. The molecule has 0 radical (unpaired) electrons. The minimum absolute atomic E-state index is 0.0789. The summed E-state index contributed by atoms with van der Waals surface area (Å²) in [5.41, 5.74) is 5.95. The molecule has 1 saturated heterocycles. The largest absolute Gasteiger partial charge is 0.370 e. The number of benzene rings is 1. The van der Waals surface area contributed by atoms with Gasteiger partial charge in [-0.1, -0.05) is 0 Å². The minimum Gasteiger partial charge on any atom is -0.370 e. The van der Waals surface area contributed by atoms with Crippen LogP contribution >= 0.6 is 11.8 Å². The van der Waals surface area contributed by atoms with Crippen molar-refractivity contribution >= 4 is 23.6 Å². The van der Waals surface area contributed by atoms with Crippen LogP contribution in [0.3, 0.4) is 0 Å². The number of hydrogen-bond donors (Lipinski definition) is 1. The van der Waals surface area contributed by atoms with Gasteiger partial charge in [-0.25, -0.2) is 0 Å². The van der Waals surface area contributed by atoms with E-state index in [1.54, 1.807) is 11.8 Å². The van der Waals surface area contributed by atoms with E-state index < -0.39 is 0 Å². The Hall–Kier alpha value is -1.49. The molecule has 0 atom stereocenters. The molecule has 1 aromatic carbocycles. The number of carbonyl (C=O) groups is 2. The summed E-state index contributed by atoms with van der Waals surface area (Å²) >= 11 is 1.66. The summed E-state index contributed by atoms with van der Waals surface area (Å²) in [5, 5.41) is 0. The number of amides is 2. The Morgan fingerprint density at radius 1 is 1.25 bits per heavy atom. The third-order valence-corrected chi connectivity index (χ3v) is 4.47. The number of hydrogen-bond acceptors (Lipinski definition) is 3. The smallest absolute Gasteiger partial charge is 0.253 e. The average molecular weight is 292 g/mol. The van der Waals surface area contributed by atoms with Crippen molar-refractivity contribution in [2.75, 3.05) is 19.3 Å². The van der Waals surface area contributed by atoms with Crippen LogP contribution in [0.2, 0.25) is 0 Å². The van der Waals surface area contributed by atoms with Gasteiger partial charge < -0.3 is 10.6 Å². The van der Waals surface area contributed by atoms with Crippen LogP contribution in [-0.2, 0) is 4.79 Å². The molecule has 0 unspecified atom stereocenters. The predicted octanol–water partition coefficient (Wildman–Crippen LogP) is 2.14. The molecule has 0 aliphatic carbocycles. The lowest BCUT2D eigenvalue weighted by molar-refractivity contribution is -0.119. The molecular weight excluding hydrogens is 272 g/mol. The summed E-state index contributed by atoms with van der Waals surface area (Å²) in [4.78, 5) is 26.3. The first kappa shape index (κ1) is 14.9. The van der Waals surface area contributed by atoms with Gasteiger partial charge in [-0.3, -0.25) is 9.59 Å². The highest BCUT2D eigenvalue weighted by Gasteiger charge is 2.24. The van der Waals surface area contributed by atoms with Crippen molar-refractivity contribution in [1.82, 2.24) is 4.90 Å². The molecule has 0 spiro atoms. The molecule has 1 heterocycles. The second kappa shape index (κ2) is 6.79. The monoisotopic (exact) mass is 292 g/mol. The highest BCUT2D eigenvalue weighted by Crippen LogP contribution is 2.22. The van der Waals surface area contributed by atoms with Crippen LogP contribution in [0, 0.1) is 5.92 Å². The van der Waals surface area contributed by atoms with Crippen LogP contribution in [0.5, 0.6) is 0 Å². The quantitative estimate of drug-likeness (QED) is 0.865. The lowest BCUT2D eigenvalue weighted by atomic mass is 9.93. The zero-order chi connectivity index (χ0) is 14.5. The number of nitrogens with zero attached hydrogens (tertiary/aromatic N) is 1. The van der Waals surface area contributed by atoms with Gasteiger partial charge in [0.25, 0.3) is 5.91 Å². The minimum atomic E-state index is -0.248. The Morgan fingerprint density at radius 3 is 2.35 bits per heavy atom. The van der Waals surface area contributed by atoms with Crippen molar-refractivity contribution in [3.63, 3.8) is 0 Å². The standard InChI is InChI=1S/C15H20N2O2S/c1-20-13-4-2-12(3-5-13)15(19)17-8-6-11(7-9-17)10-14(16)18/h2-5,11H,6-10H2,1H3,(H2,16,18). The third-order valence-electron chi connectivity index (χ3n) is 3.73. The summed E-state index contributed by atoms with van der Waals surface area (Å²) in [6.45, 7) is 1.42. The first-order valence-corrected chi connectivity index (χ1v) is 8.04. The van der Waals surface area contributed by atoms with Gasteiger partial charge in [0.15, 0.2) is 0 Å². The molecular formula is C15H20N2O2S. The van der Waals surface area contributed by atoms with Crippen LogP contribution in [0.1, 0.15) is 29.6 Å². The molecule has 0 saturated carbocycles. The topological polar surface area (TPSA) is 63.4 Å². The van der Waals surface area contributed by atoms with Crippen molar-refractivity contribution in [3.05, 3.63) is 29.8 Å². The molecule has 2 amide bonds. The van der Waals surface area contributed by atoms with E-state index in [9.17, 15) is 9.59 Å². The van der Waals surface area contributed by atoms with Crippen LogP contribution < -0.4 is 5.73 Å². The van der Waals surface area contributed by atoms with Crippen molar-refractivity contribution < 1.29 is 9.59 Å². The number of piperidine rings is 1. The van der Waals surface area contributed by atoms with Crippen molar-refractivity contribution in [2.45, 2.75) is 24.2 Å². The first-order chi connectivity index (χ1) is 9.60. The van der Waals surface area contributed by atoms with Gasteiger partial charge in [0.05, 0.1) is 0 Å². The number of primary amides is 1. The molecule has 1 aliphatic heterocycles. The number of likely N-dealkylation sites (tertiary alicyclic amines) is 1.